The average Bonchev–Trinajstić information content (AvgIpc) is 3.21. The second kappa shape index (κ2) is 9.45. The lowest BCUT2D eigenvalue weighted by Crippen LogP contribution is -2.34. The van der Waals surface area contributed by atoms with Crippen molar-refractivity contribution in [2.24, 2.45) is 0 Å². The van der Waals surface area contributed by atoms with E-state index >= 15 is 0 Å². The Morgan fingerprint density at radius 3 is 2.58 bits per heavy atom. The van der Waals surface area contributed by atoms with E-state index in [0.29, 0.717) is 5.56 Å². The van der Waals surface area contributed by atoms with E-state index in [9.17, 15) is 9.59 Å². The Kier molecular flexibility index (Phi) is 6.74. The van der Waals surface area contributed by atoms with Crippen LogP contribution in [0.1, 0.15) is 15.9 Å². The summed E-state index contributed by atoms with van der Waals surface area (Å²) in [7, 11) is 0. The van der Waals surface area contributed by atoms with Crippen molar-refractivity contribution in [3.8, 4) is 0 Å². The molecule has 6 nitrogen and oxygen atoms in total. The Hall–Kier alpha value is -2.25. The molecule has 1 aliphatic heterocycles. The zero-order chi connectivity index (χ0) is 18.2. The lowest BCUT2D eigenvalue weighted by molar-refractivity contribution is -0.115. The number of carbonyl (C=O) groups is 2. The maximum Gasteiger partial charge on any atom is 0.254 e. The normalized spacial score (nSPS) is 14.8. The van der Waals surface area contributed by atoms with E-state index in [1.807, 2.05) is 36.0 Å². The van der Waals surface area contributed by atoms with Crippen molar-refractivity contribution >= 4 is 29.3 Å². The monoisotopic (exact) mass is 373 g/mol. The topological polar surface area (TPSA) is 74.6 Å². The standard InChI is InChI=1S/C19H23N3O3S/c23-18(13-20-19(24)16-6-10-25-14-16)21-17-3-1-15(2-4-17)5-7-22-8-11-26-12-9-22/h1-4,6,10,14H,5,7-9,11-13H2,(H,20,24)(H,21,23). The van der Waals surface area contributed by atoms with Crippen molar-refractivity contribution in [3.05, 3.63) is 54.0 Å². The number of nitrogens with one attached hydrogen (secondary N) is 2. The van der Waals surface area contributed by atoms with Gasteiger partial charge in [0.1, 0.15) is 6.26 Å². The molecule has 0 unspecified atom stereocenters. The molecule has 1 fully saturated rings. The molecular weight excluding hydrogens is 350 g/mol. The van der Waals surface area contributed by atoms with Gasteiger partial charge in [-0.1, -0.05) is 12.1 Å². The number of nitrogens with zero attached hydrogens (tertiary/aromatic N) is 1. The predicted molar refractivity (Wildman–Crippen MR) is 104 cm³/mol. The van der Waals surface area contributed by atoms with E-state index in [0.717, 1.165) is 18.7 Å². The molecule has 1 aromatic carbocycles. The molecule has 3 rings (SSSR count). The van der Waals surface area contributed by atoms with Crippen LogP contribution in [0.5, 0.6) is 0 Å². The number of hydrogen-bond donors (Lipinski definition) is 2. The third-order valence-corrected chi connectivity index (χ3v) is 5.19. The van der Waals surface area contributed by atoms with E-state index in [1.165, 1.54) is 42.7 Å². The molecule has 2 aromatic rings. The van der Waals surface area contributed by atoms with Gasteiger partial charge in [-0.05, 0) is 30.2 Å². The van der Waals surface area contributed by atoms with Crippen molar-refractivity contribution in [2.45, 2.75) is 6.42 Å². The van der Waals surface area contributed by atoms with Crippen molar-refractivity contribution in [1.82, 2.24) is 10.2 Å². The van der Waals surface area contributed by atoms with Crippen LogP contribution >= 0.6 is 11.8 Å². The third-order valence-electron chi connectivity index (χ3n) is 4.25. The summed E-state index contributed by atoms with van der Waals surface area (Å²) in [5.41, 5.74) is 2.38. The number of amides is 2. The van der Waals surface area contributed by atoms with E-state index < -0.39 is 0 Å². The number of hydrogen-bond acceptors (Lipinski definition) is 5. The lowest BCUT2D eigenvalue weighted by Gasteiger charge is -2.26. The second-order valence-corrected chi connectivity index (χ2v) is 7.37. The van der Waals surface area contributed by atoms with Crippen LogP contribution in [0.2, 0.25) is 0 Å². The highest BCUT2D eigenvalue weighted by Crippen LogP contribution is 2.13. The second-order valence-electron chi connectivity index (χ2n) is 6.14. The number of benzene rings is 1. The fourth-order valence-electron chi connectivity index (χ4n) is 2.73. The van der Waals surface area contributed by atoms with Crippen LogP contribution in [0.25, 0.3) is 0 Å². The number of thioether (sulfide) groups is 1. The molecule has 0 bridgehead atoms. The van der Waals surface area contributed by atoms with Crippen LogP contribution in [-0.2, 0) is 11.2 Å². The fraction of sp³-hybridized carbons (Fsp3) is 0.368. The van der Waals surface area contributed by atoms with Crippen molar-refractivity contribution in [1.29, 1.82) is 0 Å². The van der Waals surface area contributed by atoms with E-state index in [1.54, 1.807) is 6.07 Å². The highest BCUT2D eigenvalue weighted by molar-refractivity contribution is 7.99. The number of rotatable bonds is 7. The number of anilines is 1. The van der Waals surface area contributed by atoms with Crippen LogP contribution in [0.15, 0.2) is 47.3 Å². The van der Waals surface area contributed by atoms with Crippen molar-refractivity contribution in [3.63, 3.8) is 0 Å². The van der Waals surface area contributed by atoms with Crippen LogP contribution < -0.4 is 10.6 Å². The van der Waals surface area contributed by atoms with E-state index in [2.05, 4.69) is 15.5 Å². The molecule has 7 heteroatoms. The first kappa shape index (κ1) is 18.5. The Balaban J connectivity index is 1.40. The van der Waals surface area contributed by atoms with Crippen LogP contribution in [0.4, 0.5) is 5.69 Å². The van der Waals surface area contributed by atoms with Gasteiger partial charge in [-0.2, -0.15) is 11.8 Å². The van der Waals surface area contributed by atoms with E-state index in [4.69, 9.17) is 4.42 Å². The minimum absolute atomic E-state index is 0.0846. The third kappa shape index (κ3) is 5.64. The molecule has 0 atom stereocenters. The lowest BCUT2D eigenvalue weighted by atomic mass is 10.1. The van der Waals surface area contributed by atoms with Gasteiger partial charge >= 0.3 is 0 Å². The Morgan fingerprint density at radius 2 is 1.88 bits per heavy atom. The molecule has 1 aliphatic rings. The van der Waals surface area contributed by atoms with E-state index in [-0.39, 0.29) is 18.4 Å². The first-order chi connectivity index (χ1) is 12.7. The molecule has 2 heterocycles. The van der Waals surface area contributed by atoms with Gasteiger partial charge in [0.25, 0.3) is 5.91 Å². The molecule has 2 amide bonds. The molecule has 1 saturated heterocycles. The molecule has 26 heavy (non-hydrogen) atoms. The molecule has 0 saturated carbocycles. The van der Waals surface area contributed by atoms with Crippen LogP contribution in [0, 0.1) is 0 Å². The highest BCUT2D eigenvalue weighted by Gasteiger charge is 2.11. The first-order valence-electron chi connectivity index (χ1n) is 8.70. The summed E-state index contributed by atoms with van der Waals surface area (Å²) in [6, 6.07) is 9.43. The fourth-order valence-corrected chi connectivity index (χ4v) is 3.71. The van der Waals surface area contributed by atoms with Gasteiger partial charge in [0.15, 0.2) is 0 Å². The quantitative estimate of drug-likeness (QED) is 0.779. The SMILES string of the molecule is O=C(CNC(=O)c1ccoc1)Nc1ccc(CCN2CCSCC2)cc1. The summed E-state index contributed by atoms with van der Waals surface area (Å²) in [5, 5.41) is 5.34. The average molecular weight is 373 g/mol. The molecule has 1 aromatic heterocycles. The van der Waals surface area contributed by atoms with Gasteiger partial charge in [0.05, 0.1) is 18.4 Å². The highest BCUT2D eigenvalue weighted by atomic mass is 32.2. The summed E-state index contributed by atoms with van der Waals surface area (Å²) in [4.78, 5) is 26.2. The first-order valence-corrected chi connectivity index (χ1v) is 9.85. The minimum Gasteiger partial charge on any atom is -0.472 e. The number of carbonyl (C=O) groups excluding carboxylic acids is 2. The zero-order valence-corrected chi connectivity index (χ0v) is 15.4. The zero-order valence-electron chi connectivity index (χ0n) is 14.6. The largest absolute Gasteiger partial charge is 0.472 e. The smallest absolute Gasteiger partial charge is 0.254 e. The molecular formula is C19H23N3O3S. The maximum atomic E-state index is 11.9. The predicted octanol–water partition coefficient (Wildman–Crippen LogP) is 2.24. The van der Waals surface area contributed by atoms with Crippen LogP contribution in [-0.4, -0.2) is 54.4 Å². The van der Waals surface area contributed by atoms with Crippen LogP contribution in [0.3, 0.4) is 0 Å². The van der Waals surface area contributed by atoms with Gasteiger partial charge in [-0.3, -0.25) is 9.59 Å². The minimum atomic E-state index is -0.333. The van der Waals surface area contributed by atoms with Gasteiger partial charge in [-0.25, -0.2) is 0 Å². The Labute approximate surface area is 157 Å². The molecule has 0 spiro atoms. The summed E-state index contributed by atoms with van der Waals surface area (Å²) in [5.74, 6) is 1.85. The number of furan rings is 1. The Morgan fingerprint density at radius 1 is 1.12 bits per heavy atom. The van der Waals surface area contributed by atoms with Crippen molar-refractivity contribution in [2.75, 3.05) is 43.0 Å². The van der Waals surface area contributed by atoms with Crippen molar-refractivity contribution < 1.29 is 14.0 Å². The Bertz CT molecular complexity index is 710. The summed E-state index contributed by atoms with van der Waals surface area (Å²) < 4.78 is 4.84. The summed E-state index contributed by atoms with van der Waals surface area (Å²) >= 11 is 2.02. The molecule has 0 aliphatic carbocycles. The summed E-state index contributed by atoms with van der Waals surface area (Å²) in [6.07, 6.45) is 3.77. The summed E-state index contributed by atoms with van der Waals surface area (Å²) in [6.45, 7) is 3.33. The maximum absolute atomic E-state index is 11.9. The molecule has 138 valence electrons. The van der Waals surface area contributed by atoms with Gasteiger partial charge in [0.2, 0.25) is 5.91 Å². The van der Waals surface area contributed by atoms with Gasteiger partial charge in [0, 0.05) is 36.8 Å². The van der Waals surface area contributed by atoms with Gasteiger partial charge in [-0.15, -0.1) is 0 Å². The molecule has 0 radical (unpaired) electrons. The van der Waals surface area contributed by atoms with Gasteiger partial charge < -0.3 is 20.0 Å². The molecule has 2 N–H and O–H groups in total.